The van der Waals surface area contributed by atoms with Crippen molar-refractivity contribution in [3.8, 4) is 0 Å². The van der Waals surface area contributed by atoms with Crippen LogP contribution in [0.5, 0.6) is 0 Å². The highest BCUT2D eigenvalue weighted by atomic mass is 32.2. The molecule has 10 heteroatoms. The molecule has 142 valence electrons. The second kappa shape index (κ2) is 7.59. The fourth-order valence-corrected chi connectivity index (χ4v) is 4.39. The lowest BCUT2D eigenvalue weighted by atomic mass is 10.2. The summed E-state index contributed by atoms with van der Waals surface area (Å²) in [5, 5.41) is 1.73. The van der Waals surface area contributed by atoms with Crippen LogP contribution < -0.4 is 10.3 Å². The number of carbonyl (C=O) groups is 1. The number of nitrogens with zero attached hydrogens (tertiary/aromatic N) is 2. The standard InChI is InChI=1S/C17H17N3O5S2/c1-11(2)19-27(23,24)14-5-3-4-12(8-14)16(22)25-10-13-9-15(21)20-6-7-26-17(20)18-13/h3-9,11,19H,10H2,1-2H3. The van der Waals surface area contributed by atoms with Crippen LogP contribution in [0.1, 0.15) is 29.9 Å². The molecule has 2 heterocycles. The lowest BCUT2D eigenvalue weighted by Gasteiger charge is -2.10. The normalized spacial score (nSPS) is 11.8. The summed E-state index contributed by atoms with van der Waals surface area (Å²) in [7, 11) is -3.72. The predicted octanol–water partition coefficient (Wildman–Crippen LogP) is 1.80. The minimum Gasteiger partial charge on any atom is -0.456 e. The lowest BCUT2D eigenvalue weighted by Crippen LogP contribution is -2.30. The Labute approximate surface area is 159 Å². The van der Waals surface area contributed by atoms with Crippen molar-refractivity contribution in [2.75, 3.05) is 0 Å². The highest BCUT2D eigenvalue weighted by Crippen LogP contribution is 2.14. The Morgan fingerprint density at radius 3 is 2.85 bits per heavy atom. The van der Waals surface area contributed by atoms with Gasteiger partial charge in [-0.15, -0.1) is 11.3 Å². The van der Waals surface area contributed by atoms with Crippen LogP contribution in [0.2, 0.25) is 0 Å². The first kappa shape index (κ1) is 19.2. The van der Waals surface area contributed by atoms with Crippen LogP contribution in [-0.2, 0) is 21.4 Å². The maximum Gasteiger partial charge on any atom is 0.338 e. The molecule has 0 unspecified atom stereocenters. The van der Waals surface area contributed by atoms with Crippen molar-refractivity contribution in [3.63, 3.8) is 0 Å². The number of benzene rings is 1. The second-order valence-corrected chi connectivity index (χ2v) is 8.61. The largest absolute Gasteiger partial charge is 0.456 e. The third kappa shape index (κ3) is 4.41. The highest BCUT2D eigenvalue weighted by molar-refractivity contribution is 7.89. The number of rotatable bonds is 6. The Balaban J connectivity index is 1.76. The van der Waals surface area contributed by atoms with Crippen LogP contribution in [0.25, 0.3) is 4.96 Å². The number of carbonyl (C=O) groups excluding carboxylic acids is 1. The van der Waals surface area contributed by atoms with Crippen LogP contribution in [-0.4, -0.2) is 29.8 Å². The summed E-state index contributed by atoms with van der Waals surface area (Å²) < 4.78 is 33.5. The Morgan fingerprint density at radius 2 is 2.11 bits per heavy atom. The first-order valence-corrected chi connectivity index (χ1v) is 10.4. The number of aromatic nitrogens is 2. The summed E-state index contributed by atoms with van der Waals surface area (Å²) in [6, 6.07) is 6.59. The molecule has 0 atom stereocenters. The minimum atomic E-state index is -3.72. The van der Waals surface area contributed by atoms with Gasteiger partial charge >= 0.3 is 5.97 Å². The van der Waals surface area contributed by atoms with Gasteiger partial charge in [-0.2, -0.15) is 0 Å². The molecular weight excluding hydrogens is 390 g/mol. The smallest absolute Gasteiger partial charge is 0.338 e. The number of esters is 1. The van der Waals surface area contributed by atoms with E-state index in [2.05, 4.69) is 9.71 Å². The number of fused-ring (bicyclic) bond motifs is 1. The van der Waals surface area contributed by atoms with Crippen molar-refractivity contribution in [1.29, 1.82) is 0 Å². The van der Waals surface area contributed by atoms with E-state index < -0.39 is 16.0 Å². The Morgan fingerprint density at radius 1 is 1.33 bits per heavy atom. The van der Waals surface area contributed by atoms with E-state index in [4.69, 9.17) is 4.74 Å². The molecule has 0 aliphatic rings. The van der Waals surface area contributed by atoms with Gasteiger partial charge in [-0.3, -0.25) is 9.20 Å². The van der Waals surface area contributed by atoms with E-state index >= 15 is 0 Å². The van der Waals surface area contributed by atoms with Gasteiger partial charge in [0.2, 0.25) is 10.0 Å². The molecular formula is C17H17N3O5S2. The van der Waals surface area contributed by atoms with Crippen molar-refractivity contribution < 1.29 is 17.9 Å². The summed E-state index contributed by atoms with van der Waals surface area (Å²) in [5.74, 6) is -0.704. The van der Waals surface area contributed by atoms with Crippen molar-refractivity contribution in [3.05, 3.63) is 63.5 Å². The molecule has 0 aliphatic heterocycles. The fraction of sp³-hybridized carbons (Fsp3) is 0.235. The lowest BCUT2D eigenvalue weighted by molar-refractivity contribution is 0.0467. The van der Waals surface area contributed by atoms with Gasteiger partial charge in [-0.05, 0) is 32.0 Å². The van der Waals surface area contributed by atoms with Gasteiger partial charge in [0.05, 0.1) is 16.2 Å². The van der Waals surface area contributed by atoms with Gasteiger partial charge < -0.3 is 4.74 Å². The Bertz CT molecular complexity index is 1150. The van der Waals surface area contributed by atoms with Crippen molar-refractivity contribution in [2.24, 2.45) is 0 Å². The summed E-state index contributed by atoms with van der Waals surface area (Å²) in [5.41, 5.74) is 0.150. The maximum absolute atomic E-state index is 12.3. The van der Waals surface area contributed by atoms with Crippen LogP contribution in [0, 0.1) is 0 Å². The molecule has 3 rings (SSSR count). The predicted molar refractivity (Wildman–Crippen MR) is 100 cm³/mol. The molecule has 0 amide bonds. The quantitative estimate of drug-likeness (QED) is 0.625. The zero-order chi connectivity index (χ0) is 19.6. The van der Waals surface area contributed by atoms with Crippen molar-refractivity contribution in [1.82, 2.24) is 14.1 Å². The average molecular weight is 407 g/mol. The zero-order valence-electron chi connectivity index (χ0n) is 14.6. The molecule has 0 aliphatic carbocycles. The average Bonchev–Trinajstić information content (AvgIpc) is 3.08. The third-order valence-corrected chi connectivity index (χ3v) is 5.89. The molecule has 3 aromatic rings. The monoisotopic (exact) mass is 407 g/mol. The summed E-state index contributed by atoms with van der Waals surface area (Å²) in [6.45, 7) is 3.22. The molecule has 0 saturated carbocycles. The fourth-order valence-electron chi connectivity index (χ4n) is 2.35. The highest BCUT2D eigenvalue weighted by Gasteiger charge is 2.18. The Kier molecular flexibility index (Phi) is 5.40. The van der Waals surface area contributed by atoms with E-state index in [1.807, 2.05) is 0 Å². The van der Waals surface area contributed by atoms with Gasteiger partial charge in [0.25, 0.3) is 5.56 Å². The first-order chi connectivity index (χ1) is 12.8. The molecule has 1 N–H and O–H groups in total. The SMILES string of the molecule is CC(C)NS(=O)(=O)c1cccc(C(=O)OCc2cc(=O)n3ccsc3n2)c1. The van der Waals surface area contributed by atoms with Crippen molar-refractivity contribution in [2.45, 2.75) is 31.4 Å². The summed E-state index contributed by atoms with van der Waals surface area (Å²) in [4.78, 5) is 28.9. The topological polar surface area (TPSA) is 107 Å². The molecule has 0 bridgehead atoms. The van der Waals surface area contributed by atoms with Gasteiger partial charge in [0.15, 0.2) is 4.96 Å². The third-order valence-electron chi connectivity index (χ3n) is 3.48. The molecule has 27 heavy (non-hydrogen) atoms. The minimum absolute atomic E-state index is 0.0259. The van der Waals surface area contributed by atoms with E-state index in [9.17, 15) is 18.0 Å². The zero-order valence-corrected chi connectivity index (χ0v) is 16.2. The van der Waals surface area contributed by atoms with E-state index in [0.29, 0.717) is 10.7 Å². The molecule has 8 nitrogen and oxygen atoms in total. The molecule has 0 saturated heterocycles. The van der Waals surface area contributed by atoms with E-state index in [0.717, 1.165) is 0 Å². The van der Waals surface area contributed by atoms with E-state index in [1.165, 1.54) is 46.1 Å². The number of sulfonamides is 1. The number of hydrogen-bond acceptors (Lipinski definition) is 7. The van der Waals surface area contributed by atoms with E-state index in [1.54, 1.807) is 25.4 Å². The number of hydrogen-bond donors (Lipinski definition) is 1. The Hall–Kier alpha value is -2.56. The van der Waals surface area contributed by atoms with Crippen LogP contribution in [0.3, 0.4) is 0 Å². The van der Waals surface area contributed by atoms with Crippen LogP contribution >= 0.6 is 11.3 Å². The van der Waals surface area contributed by atoms with Crippen molar-refractivity contribution >= 4 is 32.3 Å². The van der Waals surface area contributed by atoms with Gasteiger partial charge in [-0.25, -0.2) is 22.9 Å². The number of nitrogens with one attached hydrogen (secondary N) is 1. The molecule has 2 aromatic heterocycles. The van der Waals surface area contributed by atoms with Crippen LogP contribution in [0.15, 0.2) is 51.6 Å². The number of ether oxygens (including phenoxy) is 1. The second-order valence-electron chi connectivity index (χ2n) is 6.02. The number of thiazole rings is 1. The maximum atomic E-state index is 12.3. The van der Waals surface area contributed by atoms with Gasteiger partial charge in [0.1, 0.15) is 6.61 Å². The van der Waals surface area contributed by atoms with E-state index in [-0.39, 0.29) is 28.7 Å². The molecule has 0 spiro atoms. The molecule has 0 radical (unpaired) electrons. The summed E-state index contributed by atoms with van der Waals surface area (Å²) >= 11 is 1.29. The molecule has 0 fully saturated rings. The van der Waals surface area contributed by atoms with Crippen LogP contribution in [0.4, 0.5) is 0 Å². The first-order valence-electron chi connectivity index (χ1n) is 8.01. The summed E-state index contributed by atoms with van der Waals surface area (Å²) in [6.07, 6.45) is 1.61. The van der Waals surface area contributed by atoms with Gasteiger partial charge in [-0.1, -0.05) is 6.07 Å². The molecule has 1 aromatic carbocycles. The van der Waals surface area contributed by atoms with Gasteiger partial charge in [0, 0.05) is 23.7 Å².